The lowest BCUT2D eigenvalue weighted by atomic mass is 10.2. The molecule has 1 unspecified atom stereocenters. The number of morpholine rings is 1. The lowest BCUT2D eigenvalue weighted by molar-refractivity contribution is 0.00465. The molecule has 1 aliphatic rings. The first-order valence-electron chi connectivity index (χ1n) is 9.88. The van der Waals surface area contributed by atoms with Crippen LogP contribution in [0.1, 0.15) is 16.3 Å². The van der Waals surface area contributed by atoms with Gasteiger partial charge in [-0.05, 0) is 24.6 Å². The number of aromatic nitrogens is 3. The third-order valence-corrected chi connectivity index (χ3v) is 5.58. The number of ether oxygens (including phenoxy) is 2. The van der Waals surface area contributed by atoms with E-state index in [4.69, 9.17) is 9.47 Å². The second kappa shape index (κ2) is 9.64. The summed E-state index contributed by atoms with van der Waals surface area (Å²) in [6.07, 6.45) is 1.45. The summed E-state index contributed by atoms with van der Waals surface area (Å²) in [5.74, 6) is 0.771. The van der Waals surface area contributed by atoms with Crippen LogP contribution < -0.4 is 10.1 Å². The number of β-amino-alcohol motifs (C(OH)–C–C–N with tert-alkyl or cyclic N) is 1. The number of rotatable bonds is 9. The van der Waals surface area contributed by atoms with Crippen molar-refractivity contribution in [1.82, 2.24) is 24.8 Å². The van der Waals surface area contributed by atoms with Crippen LogP contribution in [0, 0.1) is 6.92 Å². The van der Waals surface area contributed by atoms with E-state index >= 15 is 0 Å². The minimum Gasteiger partial charge on any atom is -0.491 e. The molecule has 2 N–H and O–H groups in total. The molecule has 9 heteroatoms. The van der Waals surface area contributed by atoms with Crippen molar-refractivity contribution in [3.8, 4) is 5.75 Å². The molecule has 0 saturated carbocycles. The van der Waals surface area contributed by atoms with E-state index in [2.05, 4.69) is 26.4 Å². The monoisotopic (exact) mass is 417 g/mol. The number of imidazole rings is 1. The number of nitrogens with one attached hydrogen (secondary N) is 1. The van der Waals surface area contributed by atoms with Gasteiger partial charge in [-0.3, -0.25) is 4.90 Å². The fraction of sp³-hybridized carbons (Fsp3) is 0.500. The van der Waals surface area contributed by atoms with Crippen LogP contribution in [0.2, 0.25) is 0 Å². The summed E-state index contributed by atoms with van der Waals surface area (Å²) in [4.78, 5) is 7.70. The molecule has 8 nitrogen and oxygen atoms in total. The van der Waals surface area contributed by atoms with Crippen LogP contribution in [0.5, 0.6) is 5.75 Å². The van der Waals surface area contributed by atoms with Crippen molar-refractivity contribution in [2.24, 2.45) is 0 Å². The zero-order chi connectivity index (χ0) is 20.1. The standard InChI is InChI=1S/C20H27N5O3S/c1-15-23-25-12-17(22-20(25)29-15)11-21-10-16-3-2-4-19(9-16)28-14-18(26)13-24-5-7-27-8-6-24/h2-4,9,12,18,21,26H,5-8,10-11,13-14H2,1H3. The second-order valence-electron chi connectivity index (χ2n) is 7.21. The van der Waals surface area contributed by atoms with Gasteiger partial charge >= 0.3 is 0 Å². The minimum absolute atomic E-state index is 0.284. The molecule has 0 bridgehead atoms. The number of fused-ring (bicyclic) bond motifs is 1. The molecule has 3 aromatic rings. The topological polar surface area (TPSA) is 84.2 Å². The van der Waals surface area contributed by atoms with E-state index in [9.17, 15) is 5.11 Å². The Morgan fingerprint density at radius 1 is 1.31 bits per heavy atom. The Balaban J connectivity index is 1.22. The van der Waals surface area contributed by atoms with Gasteiger partial charge in [-0.1, -0.05) is 23.5 Å². The number of hydrogen-bond donors (Lipinski definition) is 2. The van der Waals surface area contributed by atoms with Gasteiger partial charge in [0.05, 0.1) is 25.1 Å². The Morgan fingerprint density at radius 3 is 3.00 bits per heavy atom. The zero-order valence-electron chi connectivity index (χ0n) is 16.6. The average molecular weight is 418 g/mol. The van der Waals surface area contributed by atoms with Crippen molar-refractivity contribution in [1.29, 1.82) is 0 Å². The van der Waals surface area contributed by atoms with Gasteiger partial charge in [0.1, 0.15) is 23.5 Å². The third kappa shape index (κ3) is 5.74. The maximum atomic E-state index is 10.2. The largest absolute Gasteiger partial charge is 0.491 e. The molecule has 1 atom stereocenters. The molecule has 0 aliphatic carbocycles. The maximum Gasteiger partial charge on any atom is 0.212 e. The third-order valence-electron chi connectivity index (χ3n) is 4.74. The molecule has 1 saturated heterocycles. The molecular formula is C20H27N5O3S. The van der Waals surface area contributed by atoms with Gasteiger partial charge in [-0.15, -0.1) is 0 Å². The molecule has 0 radical (unpaired) electrons. The van der Waals surface area contributed by atoms with Gasteiger partial charge in [0.2, 0.25) is 4.96 Å². The Hall–Kier alpha value is -2.04. The molecule has 1 aromatic carbocycles. The summed E-state index contributed by atoms with van der Waals surface area (Å²) in [6.45, 7) is 7.46. The van der Waals surface area contributed by atoms with E-state index in [1.54, 1.807) is 11.3 Å². The molecular weight excluding hydrogens is 390 g/mol. The summed E-state index contributed by atoms with van der Waals surface area (Å²) in [5, 5.41) is 19.0. The highest BCUT2D eigenvalue weighted by Crippen LogP contribution is 2.15. The van der Waals surface area contributed by atoms with Crippen LogP contribution in [0.25, 0.3) is 4.96 Å². The van der Waals surface area contributed by atoms with Crippen LogP contribution in [-0.2, 0) is 17.8 Å². The molecule has 1 aliphatic heterocycles. The lowest BCUT2D eigenvalue weighted by Gasteiger charge is -2.28. The summed E-state index contributed by atoms with van der Waals surface area (Å²) >= 11 is 1.59. The number of aliphatic hydroxyl groups is 1. The minimum atomic E-state index is -0.512. The number of hydrogen-bond acceptors (Lipinski definition) is 8. The van der Waals surface area contributed by atoms with Gasteiger partial charge in [0, 0.05) is 32.7 Å². The van der Waals surface area contributed by atoms with Crippen molar-refractivity contribution in [3.05, 3.63) is 46.7 Å². The predicted molar refractivity (Wildman–Crippen MR) is 111 cm³/mol. The van der Waals surface area contributed by atoms with Crippen LogP contribution in [0.3, 0.4) is 0 Å². The SMILES string of the molecule is Cc1nn2cc(CNCc3cccc(OCC(O)CN4CCOCC4)c3)nc2s1. The van der Waals surface area contributed by atoms with Crippen molar-refractivity contribution in [3.63, 3.8) is 0 Å². The van der Waals surface area contributed by atoms with Crippen LogP contribution in [-0.4, -0.2) is 70.2 Å². The first-order valence-corrected chi connectivity index (χ1v) is 10.7. The molecule has 0 spiro atoms. The van der Waals surface area contributed by atoms with Crippen molar-refractivity contribution in [2.45, 2.75) is 26.1 Å². The Labute approximate surface area is 174 Å². The smallest absolute Gasteiger partial charge is 0.212 e. The summed E-state index contributed by atoms with van der Waals surface area (Å²) in [7, 11) is 0. The van der Waals surface area contributed by atoms with Crippen molar-refractivity contribution >= 4 is 16.3 Å². The Morgan fingerprint density at radius 2 is 2.17 bits per heavy atom. The highest BCUT2D eigenvalue weighted by atomic mass is 32.1. The number of aryl methyl sites for hydroxylation is 1. The van der Waals surface area contributed by atoms with E-state index in [1.165, 1.54) is 0 Å². The highest BCUT2D eigenvalue weighted by Gasteiger charge is 2.15. The van der Waals surface area contributed by atoms with Gasteiger partial charge in [0.25, 0.3) is 0 Å². The molecule has 2 aromatic heterocycles. The maximum absolute atomic E-state index is 10.2. The molecule has 156 valence electrons. The second-order valence-corrected chi connectivity index (χ2v) is 8.37. The quantitative estimate of drug-likeness (QED) is 0.545. The highest BCUT2D eigenvalue weighted by molar-refractivity contribution is 7.16. The summed E-state index contributed by atoms with van der Waals surface area (Å²) in [5.41, 5.74) is 2.10. The Bertz CT molecular complexity index is 890. The van der Waals surface area contributed by atoms with Crippen LogP contribution in [0.4, 0.5) is 0 Å². The Kier molecular flexibility index (Phi) is 6.73. The average Bonchev–Trinajstić information content (AvgIpc) is 3.24. The van der Waals surface area contributed by atoms with E-state index in [-0.39, 0.29) is 6.61 Å². The van der Waals surface area contributed by atoms with Gasteiger partial charge in [0.15, 0.2) is 0 Å². The van der Waals surface area contributed by atoms with E-state index in [0.29, 0.717) is 19.6 Å². The summed E-state index contributed by atoms with van der Waals surface area (Å²) in [6, 6.07) is 7.95. The molecule has 1 fully saturated rings. The van der Waals surface area contributed by atoms with E-state index in [1.807, 2.05) is 35.8 Å². The number of nitrogens with zero attached hydrogens (tertiary/aromatic N) is 4. The number of aliphatic hydroxyl groups excluding tert-OH is 1. The molecule has 4 rings (SSSR count). The van der Waals surface area contributed by atoms with Gasteiger partial charge in [-0.25, -0.2) is 9.50 Å². The first-order chi connectivity index (χ1) is 14.2. The van der Waals surface area contributed by atoms with Crippen molar-refractivity contribution in [2.75, 3.05) is 39.5 Å². The number of benzene rings is 1. The van der Waals surface area contributed by atoms with Crippen molar-refractivity contribution < 1.29 is 14.6 Å². The first kappa shape index (κ1) is 20.2. The van der Waals surface area contributed by atoms with Gasteiger partial charge in [-0.2, -0.15) is 5.10 Å². The van der Waals surface area contributed by atoms with Crippen LogP contribution in [0.15, 0.2) is 30.5 Å². The summed E-state index contributed by atoms with van der Waals surface area (Å²) < 4.78 is 13.0. The van der Waals surface area contributed by atoms with Gasteiger partial charge < -0.3 is 19.9 Å². The normalized spacial score (nSPS) is 16.3. The molecule has 3 heterocycles. The van der Waals surface area contributed by atoms with E-state index in [0.717, 1.165) is 53.3 Å². The molecule has 0 amide bonds. The fourth-order valence-electron chi connectivity index (χ4n) is 3.34. The molecule has 29 heavy (non-hydrogen) atoms. The lowest BCUT2D eigenvalue weighted by Crippen LogP contribution is -2.42. The van der Waals surface area contributed by atoms with Crippen LogP contribution >= 0.6 is 11.3 Å². The zero-order valence-corrected chi connectivity index (χ0v) is 17.4. The fourth-order valence-corrected chi connectivity index (χ4v) is 4.08. The predicted octanol–water partition coefficient (Wildman–Crippen LogP) is 1.46. The van der Waals surface area contributed by atoms with E-state index < -0.39 is 6.10 Å².